The Hall–Kier alpha value is -2.87. The first-order valence-electron chi connectivity index (χ1n) is 6.92. The van der Waals surface area contributed by atoms with Crippen LogP contribution in [0.1, 0.15) is 22.4 Å². The fourth-order valence-electron chi connectivity index (χ4n) is 2.43. The van der Waals surface area contributed by atoms with Crippen molar-refractivity contribution < 1.29 is 13.2 Å². The van der Waals surface area contributed by atoms with Crippen LogP contribution in [-0.4, -0.2) is 4.98 Å². The first-order chi connectivity index (χ1) is 11.0. The van der Waals surface area contributed by atoms with Crippen LogP contribution in [-0.2, 0) is 12.6 Å². The van der Waals surface area contributed by atoms with Crippen LogP contribution in [0, 0.1) is 11.3 Å². The van der Waals surface area contributed by atoms with Crippen LogP contribution in [0.2, 0.25) is 0 Å². The molecule has 0 amide bonds. The van der Waals surface area contributed by atoms with E-state index in [0.29, 0.717) is 28.8 Å². The number of pyridine rings is 1. The molecule has 0 bridgehead atoms. The maximum absolute atomic E-state index is 12.6. The molecule has 114 valence electrons. The van der Waals surface area contributed by atoms with Gasteiger partial charge in [0.2, 0.25) is 0 Å². The second kappa shape index (κ2) is 5.73. The van der Waals surface area contributed by atoms with Gasteiger partial charge in [0.25, 0.3) is 0 Å². The normalized spacial score (nSPS) is 11.4. The summed E-state index contributed by atoms with van der Waals surface area (Å²) in [6.07, 6.45) is -3.97. The summed E-state index contributed by atoms with van der Waals surface area (Å²) in [6, 6.07) is 16.1. The Morgan fingerprint density at radius 2 is 1.70 bits per heavy atom. The van der Waals surface area contributed by atoms with Crippen LogP contribution < -0.4 is 0 Å². The van der Waals surface area contributed by atoms with Crippen molar-refractivity contribution in [3.63, 3.8) is 0 Å². The zero-order valence-electron chi connectivity index (χ0n) is 11.9. The molecular formula is C18H11F3N2. The number of halogens is 3. The number of aromatic nitrogens is 1. The van der Waals surface area contributed by atoms with E-state index in [1.54, 1.807) is 6.07 Å². The van der Waals surface area contributed by atoms with E-state index < -0.39 is 11.7 Å². The summed E-state index contributed by atoms with van der Waals surface area (Å²) in [5.74, 6) is 0. The highest BCUT2D eigenvalue weighted by molar-refractivity contribution is 5.84. The van der Waals surface area contributed by atoms with Crippen LogP contribution in [0.3, 0.4) is 0 Å². The number of rotatable bonds is 2. The van der Waals surface area contributed by atoms with Gasteiger partial charge in [-0.25, -0.2) is 0 Å². The van der Waals surface area contributed by atoms with E-state index in [-0.39, 0.29) is 0 Å². The van der Waals surface area contributed by atoms with Crippen molar-refractivity contribution in [3.05, 3.63) is 77.0 Å². The molecule has 23 heavy (non-hydrogen) atoms. The smallest absolute Gasteiger partial charge is 0.252 e. The third-order valence-corrected chi connectivity index (χ3v) is 3.56. The lowest BCUT2D eigenvalue weighted by atomic mass is 10.0. The Morgan fingerprint density at radius 1 is 1.00 bits per heavy atom. The third kappa shape index (κ3) is 3.16. The van der Waals surface area contributed by atoms with Crippen molar-refractivity contribution in [2.24, 2.45) is 0 Å². The van der Waals surface area contributed by atoms with Crippen molar-refractivity contribution in [2.45, 2.75) is 12.6 Å². The molecule has 3 aromatic rings. The predicted octanol–water partition coefficient (Wildman–Crippen LogP) is 4.72. The van der Waals surface area contributed by atoms with Gasteiger partial charge in [0, 0.05) is 17.5 Å². The molecule has 2 aromatic carbocycles. The molecule has 3 rings (SSSR count). The number of para-hydroxylation sites is 1. The van der Waals surface area contributed by atoms with Gasteiger partial charge in [-0.05, 0) is 29.8 Å². The standard InChI is InChI=1S/C18H11F3N2/c19-18(20,21)14-7-5-12(6-8-14)9-15-10-13(11-22)16-3-1-2-4-17(16)23-15/h1-8,10H,9H2. The molecule has 0 N–H and O–H groups in total. The van der Waals surface area contributed by atoms with Crippen molar-refractivity contribution in [1.29, 1.82) is 5.26 Å². The molecule has 1 aromatic heterocycles. The minimum atomic E-state index is -4.34. The molecule has 0 atom stereocenters. The highest BCUT2D eigenvalue weighted by atomic mass is 19.4. The van der Waals surface area contributed by atoms with E-state index in [9.17, 15) is 18.4 Å². The molecule has 2 nitrogen and oxygen atoms in total. The summed E-state index contributed by atoms with van der Waals surface area (Å²) < 4.78 is 37.7. The van der Waals surface area contributed by atoms with E-state index in [4.69, 9.17) is 0 Å². The number of hydrogen-bond donors (Lipinski definition) is 0. The maximum Gasteiger partial charge on any atom is 0.416 e. The lowest BCUT2D eigenvalue weighted by molar-refractivity contribution is -0.137. The van der Waals surface area contributed by atoms with E-state index >= 15 is 0 Å². The largest absolute Gasteiger partial charge is 0.416 e. The molecule has 0 radical (unpaired) electrons. The van der Waals surface area contributed by atoms with Crippen LogP contribution >= 0.6 is 0 Å². The summed E-state index contributed by atoms with van der Waals surface area (Å²) >= 11 is 0. The number of hydrogen-bond acceptors (Lipinski definition) is 2. The topological polar surface area (TPSA) is 36.7 Å². The molecule has 0 aliphatic rings. The van der Waals surface area contributed by atoms with Gasteiger partial charge in [-0.3, -0.25) is 4.98 Å². The number of benzene rings is 2. The van der Waals surface area contributed by atoms with Crippen molar-refractivity contribution in [2.75, 3.05) is 0 Å². The average molecular weight is 312 g/mol. The first-order valence-corrected chi connectivity index (χ1v) is 6.92. The van der Waals surface area contributed by atoms with Gasteiger partial charge in [-0.15, -0.1) is 0 Å². The molecule has 0 saturated carbocycles. The summed E-state index contributed by atoms with van der Waals surface area (Å²) in [4.78, 5) is 4.48. The molecule has 0 fully saturated rings. The van der Waals surface area contributed by atoms with Crippen LogP contribution in [0.5, 0.6) is 0 Å². The quantitative estimate of drug-likeness (QED) is 0.687. The van der Waals surface area contributed by atoms with E-state index in [1.807, 2.05) is 24.3 Å². The molecule has 5 heteroatoms. The number of alkyl halides is 3. The Balaban J connectivity index is 1.94. The minimum Gasteiger partial charge on any atom is -0.252 e. The van der Waals surface area contributed by atoms with Gasteiger partial charge in [0.1, 0.15) is 0 Å². The lowest BCUT2D eigenvalue weighted by Gasteiger charge is -2.08. The fraction of sp³-hybridized carbons (Fsp3) is 0.111. The zero-order chi connectivity index (χ0) is 16.4. The SMILES string of the molecule is N#Cc1cc(Cc2ccc(C(F)(F)F)cc2)nc2ccccc12. The number of nitrogens with zero attached hydrogens (tertiary/aromatic N) is 2. The van der Waals surface area contributed by atoms with Gasteiger partial charge < -0.3 is 0 Å². The first kappa shape index (κ1) is 15.0. The highest BCUT2D eigenvalue weighted by Crippen LogP contribution is 2.29. The molecule has 0 saturated heterocycles. The van der Waals surface area contributed by atoms with Crippen molar-refractivity contribution in [3.8, 4) is 6.07 Å². The number of nitriles is 1. The molecule has 1 heterocycles. The van der Waals surface area contributed by atoms with Gasteiger partial charge in [0.05, 0.1) is 22.7 Å². The molecule has 0 aliphatic heterocycles. The summed E-state index contributed by atoms with van der Waals surface area (Å²) in [7, 11) is 0. The Kier molecular flexibility index (Phi) is 3.75. The summed E-state index contributed by atoms with van der Waals surface area (Å²) in [6.45, 7) is 0. The average Bonchev–Trinajstić information content (AvgIpc) is 2.53. The summed E-state index contributed by atoms with van der Waals surface area (Å²) in [5.41, 5.74) is 1.90. The minimum absolute atomic E-state index is 0.373. The van der Waals surface area contributed by atoms with Gasteiger partial charge >= 0.3 is 6.18 Å². The van der Waals surface area contributed by atoms with Gasteiger partial charge in [-0.1, -0.05) is 30.3 Å². The Morgan fingerprint density at radius 3 is 2.35 bits per heavy atom. The van der Waals surface area contributed by atoms with Gasteiger partial charge in [0.15, 0.2) is 0 Å². The maximum atomic E-state index is 12.6. The Labute approximate surface area is 130 Å². The fourth-order valence-corrected chi connectivity index (χ4v) is 2.43. The van der Waals surface area contributed by atoms with E-state index in [2.05, 4.69) is 11.1 Å². The van der Waals surface area contributed by atoms with Crippen molar-refractivity contribution in [1.82, 2.24) is 4.98 Å². The lowest BCUT2D eigenvalue weighted by Crippen LogP contribution is -2.04. The van der Waals surface area contributed by atoms with E-state index in [0.717, 1.165) is 17.5 Å². The zero-order valence-corrected chi connectivity index (χ0v) is 11.9. The molecule has 0 unspecified atom stereocenters. The highest BCUT2D eigenvalue weighted by Gasteiger charge is 2.29. The van der Waals surface area contributed by atoms with Gasteiger partial charge in [-0.2, -0.15) is 18.4 Å². The second-order valence-corrected chi connectivity index (χ2v) is 5.16. The Bertz CT molecular complexity index is 891. The number of fused-ring (bicyclic) bond motifs is 1. The van der Waals surface area contributed by atoms with Crippen molar-refractivity contribution >= 4 is 10.9 Å². The summed E-state index contributed by atoms with van der Waals surface area (Å²) in [5, 5.41) is 10.0. The van der Waals surface area contributed by atoms with Crippen LogP contribution in [0.25, 0.3) is 10.9 Å². The van der Waals surface area contributed by atoms with Crippen LogP contribution in [0.4, 0.5) is 13.2 Å². The van der Waals surface area contributed by atoms with E-state index in [1.165, 1.54) is 12.1 Å². The third-order valence-electron chi connectivity index (χ3n) is 3.56. The molecule has 0 aliphatic carbocycles. The molecule has 0 spiro atoms. The monoisotopic (exact) mass is 312 g/mol. The predicted molar refractivity (Wildman–Crippen MR) is 80.7 cm³/mol. The second-order valence-electron chi connectivity index (χ2n) is 5.16. The van der Waals surface area contributed by atoms with Crippen LogP contribution in [0.15, 0.2) is 54.6 Å². The molecular weight excluding hydrogens is 301 g/mol.